The summed E-state index contributed by atoms with van der Waals surface area (Å²) in [6.45, 7) is 0. The van der Waals surface area contributed by atoms with E-state index in [1.54, 1.807) is 13.2 Å². The van der Waals surface area contributed by atoms with Crippen LogP contribution in [0.15, 0.2) is 18.2 Å². The van der Waals surface area contributed by atoms with Crippen LogP contribution in [0.1, 0.15) is 37.3 Å². The molecule has 0 bridgehead atoms. The van der Waals surface area contributed by atoms with E-state index >= 15 is 0 Å². The molecular formula is C13H18F2N2O. The molecule has 0 spiro atoms. The van der Waals surface area contributed by atoms with Gasteiger partial charge in [-0.05, 0) is 31.7 Å². The summed E-state index contributed by atoms with van der Waals surface area (Å²) in [5.74, 6) is 3.77. The fourth-order valence-corrected chi connectivity index (χ4v) is 2.48. The van der Waals surface area contributed by atoms with Crippen molar-refractivity contribution in [2.24, 2.45) is 5.84 Å². The molecule has 1 atom stereocenters. The van der Waals surface area contributed by atoms with Crippen LogP contribution in [-0.2, 0) is 4.74 Å². The minimum absolute atomic E-state index is 0.251. The molecule has 1 fully saturated rings. The molecular weight excluding hydrogens is 238 g/mol. The summed E-state index contributed by atoms with van der Waals surface area (Å²) in [5, 5.41) is 0. The number of hydrogen-bond acceptors (Lipinski definition) is 3. The summed E-state index contributed by atoms with van der Waals surface area (Å²) in [6.07, 6.45) is 3.49. The number of nitrogens with one attached hydrogen (secondary N) is 1. The van der Waals surface area contributed by atoms with Crippen molar-refractivity contribution in [2.45, 2.75) is 37.3 Å². The molecule has 1 aliphatic rings. The summed E-state index contributed by atoms with van der Waals surface area (Å²) in [5.41, 5.74) is 2.55. The quantitative estimate of drug-likeness (QED) is 0.628. The number of nitrogens with two attached hydrogens (primary N) is 1. The average molecular weight is 256 g/mol. The van der Waals surface area contributed by atoms with Crippen LogP contribution in [0.25, 0.3) is 0 Å². The first-order valence-corrected chi connectivity index (χ1v) is 6.07. The van der Waals surface area contributed by atoms with E-state index in [1.807, 2.05) is 0 Å². The van der Waals surface area contributed by atoms with Crippen LogP contribution in [0, 0.1) is 11.6 Å². The fourth-order valence-electron chi connectivity index (χ4n) is 2.48. The topological polar surface area (TPSA) is 47.3 Å². The Kier molecular flexibility index (Phi) is 3.94. The Morgan fingerprint density at radius 3 is 2.67 bits per heavy atom. The van der Waals surface area contributed by atoms with Crippen LogP contribution in [0.3, 0.4) is 0 Å². The van der Waals surface area contributed by atoms with E-state index < -0.39 is 17.7 Å². The highest BCUT2D eigenvalue weighted by molar-refractivity contribution is 5.23. The highest BCUT2D eigenvalue weighted by Crippen LogP contribution is 2.42. The Morgan fingerprint density at radius 1 is 1.44 bits per heavy atom. The maximum absolute atomic E-state index is 13.7. The van der Waals surface area contributed by atoms with Crippen LogP contribution in [-0.4, -0.2) is 12.7 Å². The Labute approximate surface area is 105 Å². The van der Waals surface area contributed by atoms with Gasteiger partial charge in [-0.15, -0.1) is 0 Å². The van der Waals surface area contributed by atoms with Crippen molar-refractivity contribution in [3.8, 4) is 0 Å². The van der Waals surface area contributed by atoms with Crippen molar-refractivity contribution < 1.29 is 13.5 Å². The van der Waals surface area contributed by atoms with Crippen LogP contribution in [0.4, 0.5) is 8.78 Å². The van der Waals surface area contributed by atoms with Gasteiger partial charge in [-0.2, -0.15) is 0 Å². The number of rotatable bonds is 5. The maximum Gasteiger partial charge on any atom is 0.163 e. The second-order valence-electron chi connectivity index (χ2n) is 4.81. The zero-order chi connectivity index (χ0) is 13.2. The number of methoxy groups -OCH3 is 1. The standard InChI is InChI=1S/C13H18F2N2O/c1-18-13(6-3-7-13)8-11(17-16)9-4-2-5-10(14)12(9)15/h2,4-5,11,17H,3,6-8,16H2,1H3. The minimum Gasteiger partial charge on any atom is -0.378 e. The van der Waals surface area contributed by atoms with Crippen molar-refractivity contribution in [2.75, 3.05) is 7.11 Å². The Hall–Kier alpha value is -1.04. The molecule has 1 unspecified atom stereocenters. The highest BCUT2D eigenvalue weighted by atomic mass is 19.2. The third kappa shape index (κ3) is 2.39. The SMILES string of the molecule is COC1(CC(NN)c2cccc(F)c2F)CCC1. The molecule has 1 aliphatic carbocycles. The van der Waals surface area contributed by atoms with E-state index in [9.17, 15) is 8.78 Å². The number of hydrogen-bond donors (Lipinski definition) is 2. The van der Waals surface area contributed by atoms with E-state index in [1.165, 1.54) is 6.07 Å². The van der Waals surface area contributed by atoms with Crippen LogP contribution in [0.2, 0.25) is 0 Å². The first kappa shape index (κ1) is 13.4. The Morgan fingerprint density at radius 2 is 2.17 bits per heavy atom. The predicted molar refractivity (Wildman–Crippen MR) is 64.6 cm³/mol. The van der Waals surface area contributed by atoms with Gasteiger partial charge >= 0.3 is 0 Å². The number of ether oxygens (including phenoxy) is 1. The molecule has 0 aliphatic heterocycles. The van der Waals surface area contributed by atoms with Gasteiger partial charge in [0, 0.05) is 12.7 Å². The van der Waals surface area contributed by atoms with Crippen molar-refractivity contribution >= 4 is 0 Å². The highest BCUT2D eigenvalue weighted by Gasteiger charge is 2.39. The molecule has 5 heteroatoms. The van der Waals surface area contributed by atoms with E-state index in [0.29, 0.717) is 6.42 Å². The zero-order valence-corrected chi connectivity index (χ0v) is 10.4. The fraction of sp³-hybridized carbons (Fsp3) is 0.538. The molecule has 3 nitrogen and oxygen atoms in total. The maximum atomic E-state index is 13.7. The lowest BCUT2D eigenvalue weighted by molar-refractivity contribution is -0.0840. The van der Waals surface area contributed by atoms with Gasteiger partial charge in [0.15, 0.2) is 11.6 Å². The molecule has 1 aromatic carbocycles. The summed E-state index contributed by atoms with van der Waals surface area (Å²) in [4.78, 5) is 0. The van der Waals surface area contributed by atoms with Gasteiger partial charge in [-0.3, -0.25) is 11.3 Å². The molecule has 1 saturated carbocycles. The molecule has 0 saturated heterocycles. The first-order valence-electron chi connectivity index (χ1n) is 6.07. The van der Waals surface area contributed by atoms with Crippen molar-refractivity contribution in [3.05, 3.63) is 35.4 Å². The van der Waals surface area contributed by atoms with E-state index in [4.69, 9.17) is 10.6 Å². The van der Waals surface area contributed by atoms with Gasteiger partial charge in [-0.25, -0.2) is 8.78 Å². The second-order valence-corrected chi connectivity index (χ2v) is 4.81. The molecule has 2 rings (SSSR count). The Bertz CT molecular complexity index is 416. The monoisotopic (exact) mass is 256 g/mol. The number of hydrazine groups is 1. The predicted octanol–water partition coefficient (Wildman–Crippen LogP) is 2.43. The lowest BCUT2D eigenvalue weighted by Crippen LogP contribution is -2.44. The molecule has 0 aromatic heterocycles. The van der Waals surface area contributed by atoms with Gasteiger partial charge in [0.2, 0.25) is 0 Å². The largest absolute Gasteiger partial charge is 0.378 e. The number of benzene rings is 1. The lowest BCUT2D eigenvalue weighted by Gasteiger charge is -2.42. The average Bonchev–Trinajstić information content (AvgIpc) is 2.33. The van der Waals surface area contributed by atoms with Crippen molar-refractivity contribution in [1.82, 2.24) is 5.43 Å². The third-order valence-electron chi connectivity index (χ3n) is 3.83. The van der Waals surface area contributed by atoms with Crippen LogP contribution < -0.4 is 11.3 Å². The second kappa shape index (κ2) is 5.30. The molecule has 0 heterocycles. The molecule has 100 valence electrons. The van der Waals surface area contributed by atoms with Gasteiger partial charge in [0.1, 0.15) is 0 Å². The summed E-state index contributed by atoms with van der Waals surface area (Å²) in [7, 11) is 1.65. The molecule has 18 heavy (non-hydrogen) atoms. The van der Waals surface area contributed by atoms with E-state index in [2.05, 4.69) is 5.43 Å². The molecule has 0 amide bonds. The van der Waals surface area contributed by atoms with Crippen molar-refractivity contribution in [1.29, 1.82) is 0 Å². The van der Waals surface area contributed by atoms with Crippen LogP contribution in [0.5, 0.6) is 0 Å². The van der Waals surface area contributed by atoms with Crippen LogP contribution >= 0.6 is 0 Å². The molecule has 1 aromatic rings. The number of halogens is 2. The summed E-state index contributed by atoms with van der Waals surface area (Å²) >= 11 is 0. The summed E-state index contributed by atoms with van der Waals surface area (Å²) < 4.78 is 32.4. The van der Waals surface area contributed by atoms with Gasteiger partial charge in [0.05, 0.1) is 11.6 Å². The molecule has 3 N–H and O–H groups in total. The van der Waals surface area contributed by atoms with Gasteiger partial charge < -0.3 is 4.74 Å². The first-order chi connectivity index (χ1) is 8.62. The van der Waals surface area contributed by atoms with E-state index in [0.717, 1.165) is 25.3 Å². The smallest absolute Gasteiger partial charge is 0.163 e. The normalized spacial score (nSPS) is 19.3. The van der Waals surface area contributed by atoms with Crippen molar-refractivity contribution in [3.63, 3.8) is 0 Å². The van der Waals surface area contributed by atoms with Gasteiger partial charge in [0.25, 0.3) is 0 Å². The Balaban J connectivity index is 2.20. The van der Waals surface area contributed by atoms with Gasteiger partial charge in [-0.1, -0.05) is 12.1 Å². The zero-order valence-electron chi connectivity index (χ0n) is 10.4. The minimum atomic E-state index is -0.854. The third-order valence-corrected chi connectivity index (χ3v) is 3.83. The molecule has 0 radical (unpaired) electrons. The van der Waals surface area contributed by atoms with E-state index in [-0.39, 0.29) is 11.2 Å². The summed E-state index contributed by atoms with van der Waals surface area (Å²) in [6, 6.07) is 3.69. The lowest BCUT2D eigenvalue weighted by atomic mass is 9.74.